The zero-order valence-corrected chi connectivity index (χ0v) is 34.6. The van der Waals surface area contributed by atoms with Gasteiger partial charge in [0.05, 0.1) is 34.4 Å². The smallest absolute Gasteiger partial charge is 0.362 e. The minimum atomic E-state index is -0.891. The van der Waals surface area contributed by atoms with Crippen LogP contribution in [0.1, 0.15) is 136 Å². The molecule has 0 heterocycles. The van der Waals surface area contributed by atoms with Crippen LogP contribution in [-0.2, 0) is 28.6 Å². The Labute approximate surface area is 329 Å². The van der Waals surface area contributed by atoms with E-state index in [-0.39, 0.29) is 42.7 Å². The number of ether oxygens (including phenoxy) is 3. The molecule has 0 aromatic rings. The number of rotatable bonds is 35. The number of aliphatic carboxylic acids is 1. The minimum absolute atomic E-state index is 0.0285. The maximum Gasteiger partial charge on any atom is 0.362 e. The molecular weight excluding hydrogens is 679 g/mol. The number of unbranched alkanes of at least 4 members (excludes halogenated alkanes) is 7. The van der Waals surface area contributed by atoms with Gasteiger partial charge in [-0.05, 0) is 77.0 Å². The number of hydrogen-bond acceptors (Lipinski definition) is 6. The Kier molecular flexibility index (Phi) is 34.1. The highest BCUT2D eigenvalue weighted by molar-refractivity contribution is 5.72. The molecule has 306 valence electrons. The molecule has 0 rings (SSSR count). The topological polar surface area (TPSA) is 99.1 Å². The van der Waals surface area contributed by atoms with Crippen LogP contribution in [0.25, 0.3) is 0 Å². The van der Waals surface area contributed by atoms with Crippen molar-refractivity contribution in [3.8, 4) is 0 Å². The molecule has 8 nitrogen and oxygen atoms in total. The lowest BCUT2D eigenvalue weighted by Crippen LogP contribution is -2.50. The van der Waals surface area contributed by atoms with Crippen LogP contribution in [0.2, 0.25) is 0 Å². The van der Waals surface area contributed by atoms with Crippen molar-refractivity contribution in [2.45, 2.75) is 148 Å². The molecule has 8 heteroatoms. The van der Waals surface area contributed by atoms with E-state index < -0.39 is 18.1 Å². The summed E-state index contributed by atoms with van der Waals surface area (Å²) in [6.45, 7) is 4.45. The summed E-state index contributed by atoms with van der Waals surface area (Å²) >= 11 is 0. The Morgan fingerprint density at radius 3 is 1.59 bits per heavy atom. The lowest BCUT2D eigenvalue weighted by atomic mass is 10.1. The van der Waals surface area contributed by atoms with Crippen LogP contribution in [0.15, 0.2) is 85.1 Å². The summed E-state index contributed by atoms with van der Waals surface area (Å²) in [5, 5.41) is 9.60. The summed E-state index contributed by atoms with van der Waals surface area (Å²) in [6.07, 6.45) is 46.3. The Morgan fingerprint density at radius 2 is 1.06 bits per heavy atom. The van der Waals surface area contributed by atoms with Gasteiger partial charge in [0.15, 0.2) is 12.1 Å². The van der Waals surface area contributed by atoms with Gasteiger partial charge in [0.25, 0.3) is 0 Å². The zero-order chi connectivity index (χ0) is 40.0. The number of carboxylic acids is 1. The number of esters is 2. The third-order valence-corrected chi connectivity index (χ3v) is 8.51. The van der Waals surface area contributed by atoms with Crippen molar-refractivity contribution in [3.63, 3.8) is 0 Å². The Bertz CT molecular complexity index is 1160. The maximum atomic E-state index is 12.7. The van der Waals surface area contributed by atoms with Crippen LogP contribution in [0.5, 0.6) is 0 Å². The van der Waals surface area contributed by atoms with Crippen LogP contribution in [-0.4, -0.2) is 80.6 Å². The SMILES string of the molecule is CC/C=C\C/C=C\C/C=C\C/C=C\C/C=C\CCCC(=O)OC(COCCC(C(=O)O)[N+](C)(C)C)COC(=O)CCCCCCC/C=C\C/C=C\CCC. The molecule has 0 saturated carbocycles. The van der Waals surface area contributed by atoms with E-state index in [1.165, 1.54) is 6.42 Å². The lowest BCUT2D eigenvalue weighted by molar-refractivity contribution is -0.887. The van der Waals surface area contributed by atoms with Gasteiger partial charge < -0.3 is 23.8 Å². The van der Waals surface area contributed by atoms with E-state index in [0.29, 0.717) is 19.3 Å². The normalized spacial score (nSPS) is 13.9. The van der Waals surface area contributed by atoms with E-state index in [1.54, 1.807) is 0 Å². The number of quaternary nitrogens is 1. The van der Waals surface area contributed by atoms with Crippen LogP contribution >= 0.6 is 0 Å². The van der Waals surface area contributed by atoms with Crippen molar-refractivity contribution in [2.24, 2.45) is 0 Å². The van der Waals surface area contributed by atoms with Gasteiger partial charge in [-0.1, -0.05) is 125 Å². The first-order chi connectivity index (χ1) is 26.1. The number of allylic oxidation sites excluding steroid dienone is 14. The fraction of sp³-hybridized carbons (Fsp3) is 0.630. The summed E-state index contributed by atoms with van der Waals surface area (Å²) < 4.78 is 17.2. The Hall–Kier alpha value is -3.49. The molecule has 0 saturated heterocycles. The van der Waals surface area contributed by atoms with Gasteiger partial charge in [-0.15, -0.1) is 0 Å². The third-order valence-electron chi connectivity index (χ3n) is 8.51. The molecular formula is C46H76NO7+. The molecule has 0 amide bonds. The molecule has 0 aromatic heterocycles. The first-order valence-corrected chi connectivity index (χ1v) is 20.6. The van der Waals surface area contributed by atoms with Gasteiger partial charge >= 0.3 is 17.9 Å². The lowest BCUT2D eigenvalue weighted by Gasteiger charge is -2.31. The molecule has 0 aliphatic carbocycles. The minimum Gasteiger partial charge on any atom is -0.477 e. The molecule has 0 radical (unpaired) electrons. The van der Waals surface area contributed by atoms with Crippen LogP contribution in [0.4, 0.5) is 0 Å². The predicted molar refractivity (Wildman–Crippen MR) is 224 cm³/mol. The molecule has 54 heavy (non-hydrogen) atoms. The van der Waals surface area contributed by atoms with E-state index in [4.69, 9.17) is 14.2 Å². The van der Waals surface area contributed by atoms with Gasteiger partial charge in [-0.3, -0.25) is 9.59 Å². The molecule has 0 aromatic carbocycles. The van der Waals surface area contributed by atoms with E-state index >= 15 is 0 Å². The first kappa shape index (κ1) is 50.5. The Balaban J connectivity index is 4.53. The summed E-state index contributed by atoms with van der Waals surface area (Å²) in [4.78, 5) is 36.9. The van der Waals surface area contributed by atoms with E-state index in [1.807, 2.05) is 21.1 Å². The standard InChI is InChI=1S/C46H75NO7/c1-6-8-10-12-14-16-18-20-21-22-23-25-27-29-31-33-35-37-45(49)54-42(40-52-39-38-43(46(50)51)47(3,4)5)41-53-44(48)36-34-32-30-28-26-24-19-17-15-13-11-9-7-2/h8,10-11,13-14,16-17,19-21,23,25,29,31,42-43H,6-7,9,12,15,18,22,24,26-28,30,32-41H2,1-5H3/p+1/b10-8-,13-11-,16-14-,19-17-,21-20-,25-23-,31-29-. The van der Waals surface area contributed by atoms with Crippen molar-refractivity contribution in [1.29, 1.82) is 0 Å². The number of hydrogen-bond donors (Lipinski definition) is 1. The molecule has 1 N–H and O–H groups in total. The number of nitrogens with zero attached hydrogens (tertiary/aromatic N) is 1. The van der Waals surface area contributed by atoms with Crippen molar-refractivity contribution < 1.29 is 38.2 Å². The van der Waals surface area contributed by atoms with Crippen LogP contribution < -0.4 is 0 Å². The average molecular weight is 755 g/mol. The second kappa shape index (κ2) is 36.5. The van der Waals surface area contributed by atoms with E-state index in [0.717, 1.165) is 89.9 Å². The summed E-state index contributed by atoms with van der Waals surface area (Å²) in [5.74, 6) is -1.58. The predicted octanol–water partition coefficient (Wildman–Crippen LogP) is 11.0. The summed E-state index contributed by atoms with van der Waals surface area (Å²) in [7, 11) is 5.49. The number of carboxylic acid groups (broad SMARTS) is 1. The molecule has 2 atom stereocenters. The van der Waals surface area contributed by atoms with Crippen LogP contribution in [0, 0.1) is 0 Å². The monoisotopic (exact) mass is 755 g/mol. The summed E-state index contributed by atoms with van der Waals surface area (Å²) in [5.41, 5.74) is 0. The molecule has 0 aliphatic rings. The molecule has 0 bridgehead atoms. The fourth-order valence-corrected chi connectivity index (χ4v) is 5.34. The van der Waals surface area contributed by atoms with Crippen molar-refractivity contribution in [3.05, 3.63) is 85.1 Å². The zero-order valence-electron chi connectivity index (χ0n) is 34.6. The van der Waals surface area contributed by atoms with Crippen LogP contribution in [0.3, 0.4) is 0 Å². The van der Waals surface area contributed by atoms with Gasteiger partial charge in [-0.25, -0.2) is 4.79 Å². The quantitative estimate of drug-likeness (QED) is 0.0298. The molecule has 0 fully saturated rings. The number of carbonyl (C=O) groups is 3. The van der Waals surface area contributed by atoms with Crippen molar-refractivity contribution in [2.75, 3.05) is 41.0 Å². The fourth-order valence-electron chi connectivity index (χ4n) is 5.34. The Morgan fingerprint density at radius 1 is 0.574 bits per heavy atom. The average Bonchev–Trinajstić information content (AvgIpc) is 3.12. The largest absolute Gasteiger partial charge is 0.477 e. The third kappa shape index (κ3) is 34.3. The molecule has 0 spiro atoms. The number of likely N-dealkylation sites (N-methyl/N-ethyl adjacent to an activating group) is 1. The molecule has 0 aliphatic heterocycles. The van der Waals surface area contributed by atoms with E-state index in [9.17, 15) is 19.5 Å². The second-order valence-corrected chi connectivity index (χ2v) is 14.5. The highest BCUT2D eigenvalue weighted by atomic mass is 16.6. The van der Waals surface area contributed by atoms with E-state index in [2.05, 4.69) is 98.9 Å². The van der Waals surface area contributed by atoms with Gasteiger partial charge in [-0.2, -0.15) is 0 Å². The number of carbonyl (C=O) groups excluding carboxylic acids is 2. The first-order valence-electron chi connectivity index (χ1n) is 20.6. The van der Waals surface area contributed by atoms with Gasteiger partial charge in [0, 0.05) is 19.3 Å². The highest BCUT2D eigenvalue weighted by Gasteiger charge is 2.31. The highest BCUT2D eigenvalue weighted by Crippen LogP contribution is 2.11. The van der Waals surface area contributed by atoms with Crippen molar-refractivity contribution in [1.82, 2.24) is 0 Å². The van der Waals surface area contributed by atoms with Gasteiger partial charge in [0.2, 0.25) is 0 Å². The maximum absolute atomic E-state index is 12.7. The second-order valence-electron chi connectivity index (χ2n) is 14.5. The van der Waals surface area contributed by atoms with Crippen molar-refractivity contribution >= 4 is 17.9 Å². The van der Waals surface area contributed by atoms with Gasteiger partial charge in [0.1, 0.15) is 6.61 Å². The summed E-state index contributed by atoms with van der Waals surface area (Å²) in [6, 6.07) is -0.631. The molecule has 2 unspecified atom stereocenters.